The summed E-state index contributed by atoms with van der Waals surface area (Å²) in [6.07, 6.45) is 1.33. The van der Waals surface area contributed by atoms with Gasteiger partial charge in [-0.1, -0.05) is 42.8 Å². The molecule has 1 atom stereocenters. The summed E-state index contributed by atoms with van der Waals surface area (Å²) in [7, 11) is 0. The molecule has 1 unspecified atom stereocenters. The van der Waals surface area contributed by atoms with Gasteiger partial charge >= 0.3 is 0 Å². The Morgan fingerprint density at radius 2 is 1.69 bits per heavy atom. The number of piperazine rings is 1. The maximum atomic E-state index is 12.9. The molecule has 1 fully saturated rings. The van der Waals surface area contributed by atoms with Gasteiger partial charge in [0, 0.05) is 49.0 Å². The largest absolute Gasteiger partial charge is 0.368 e. The maximum absolute atomic E-state index is 12.9. The summed E-state index contributed by atoms with van der Waals surface area (Å²) >= 11 is 6.17. The summed E-state index contributed by atoms with van der Waals surface area (Å²) in [6.45, 7) is 5.44. The standard InChI is InChI=1S/C25H26ClN5O/c1-17-14-21-23(22(32)15-17)24(27-19-7-3-2-4-8-19)29-25(28-21)31-12-10-30(11-13-31)20-9-5-6-18(26)16-20/h2-9,16-17H,10-15H2,1H3,(H,27,28,29). The van der Waals surface area contributed by atoms with Crippen LogP contribution < -0.4 is 15.1 Å². The molecular formula is C25H26ClN5O. The van der Waals surface area contributed by atoms with Crippen molar-refractivity contribution in [2.24, 2.45) is 5.92 Å². The van der Waals surface area contributed by atoms with Crippen molar-refractivity contribution < 1.29 is 4.79 Å². The SMILES string of the molecule is CC1CC(=O)c2c(nc(N3CCN(c4cccc(Cl)c4)CC3)nc2Nc2ccccc2)C1. The zero-order valence-electron chi connectivity index (χ0n) is 18.1. The lowest BCUT2D eigenvalue weighted by Crippen LogP contribution is -2.47. The number of Topliss-reactive ketones (excluding diaryl/α,β-unsaturated/α-hetero) is 1. The van der Waals surface area contributed by atoms with Crippen molar-refractivity contribution in [2.45, 2.75) is 19.8 Å². The molecule has 0 radical (unpaired) electrons. The summed E-state index contributed by atoms with van der Waals surface area (Å²) < 4.78 is 0. The van der Waals surface area contributed by atoms with E-state index in [1.165, 1.54) is 0 Å². The van der Waals surface area contributed by atoms with E-state index in [1.807, 2.05) is 48.5 Å². The Morgan fingerprint density at radius 3 is 2.44 bits per heavy atom. The van der Waals surface area contributed by atoms with E-state index in [4.69, 9.17) is 21.6 Å². The summed E-state index contributed by atoms with van der Waals surface area (Å²) in [5, 5.41) is 4.12. The number of ketones is 1. The molecular weight excluding hydrogens is 422 g/mol. The average Bonchev–Trinajstić information content (AvgIpc) is 2.79. The molecule has 32 heavy (non-hydrogen) atoms. The Morgan fingerprint density at radius 1 is 0.938 bits per heavy atom. The van der Waals surface area contributed by atoms with Gasteiger partial charge in [0.05, 0.1) is 11.3 Å². The van der Waals surface area contributed by atoms with Crippen molar-refractivity contribution in [3.05, 3.63) is 70.9 Å². The number of carbonyl (C=O) groups excluding carboxylic acids is 1. The molecule has 5 rings (SSSR count). The number of benzene rings is 2. The third kappa shape index (κ3) is 4.28. The molecule has 1 aliphatic carbocycles. The Balaban J connectivity index is 1.42. The van der Waals surface area contributed by atoms with Gasteiger partial charge in [-0.25, -0.2) is 4.98 Å². The first-order valence-electron chi connectivity index (χ1n) is 11.1. The highest BCUT2D eigenvalue weighted by atomic mass is 35.5. The molecule has 1 saturated heterocycles. The van der Waals surface area contributed by atoms with Gasteiger partial charge in [0.25, 0.3) is 0 Å². The van der Waals surface area contributed by atoms with Crippen molar-refractivity contribution in [3.8, 4) is 0 Å². The summed E-state index contributed by atoms with van der Waals surface area (Å²) in [5.74, 6) is 1.72. The highest BCUT2D eigenvalue weighted by Gasteiger charge is 2.30. The monoisotopic (exact) mass is 447 g/mol. The second-order valence-corrected chi connectivity index (χ2v) is 9.01. The second kappa shape index (κ2) is 8.79. The van der Waals surface area contributed by atoms with Crippen LogP contribution in [0.4, 0.5) is 23.1 Å². The number of anilines is 4. The zero-order chi connectivity index (χ0) is 22.1. The number of hydrogen-bond acceptors (Lipinski definition) is 6. The number of hydrogen-bond donors (Lipinski definition) is 1. The molecule has 164 valence electrons. The van der Waals surface area contributed by atoms with Crippen LogP contribution in [0.1, 0.15) is 29.4 Å². The van der Waals surface area contributed by atoms with Gasteiger partial charge in [0.15, 0.2) is 5.78 Å². The van der Waals surface area contributed by atoms with Crippen LogP contribution in [0.5, 0.6) is 0 Å². The van der Waals surface area contributed by atoms with Crippen LogP contribution in [0, 0.1) is 5.92 Å². The summed E-state index contributed by atoms with van der Waals surface area (Å²) in [5.41, 5.74) is 3.55. The molecule has 6 nitrogen and oxygen atoms in total. The van der Waals surface area contributed by atoms with Gasteiger partial charge < -0.3 is 15.1 Å². The maximum Gasteiger partial charge on any atom is 0.227 e. The van der Waals surface area contributed by atoms with Crippen molar-refractivity contribution in [1.82, 2.24) is 9.97 Å². The van der Waals surface area contributed by atoms with Crippen LogP contribution in [0.2, 0.25) is 5.02 Å². The minimum absolute atomic E-state index is 0.120. The first kappa shape index (κ1) is 20.8. The lowest BCUT2D eigenvalue weighted by atomic mass is 9.87. The first-order chi connectivity index (χ1) is 15.6. The van der Waals surface area contributed by atoms with E-state index >= 15 is 0 Å². The van der Waals surface area contributed by atoms with E-state index in [0.29, 0.717) is 29.7 Å². The Labute approximate surface area is 193 Å². The Kier molecular flexibility index (Phi) is 5.70. The number of halogens is 1. The number of fused-ring (bicyclic) bond motifs is 1. The van der Waals surface area contributed by atoms with Crippen molar-refractivity contribution >= 4 is 40.5 Å². The number of carbonyl (C=O) groups is 1. The van der Waals surface area contributed by atoms with E-state index in [9.17, 15) is 4.79 Å². The molecule has 7 heteroatoms. The van der Waals surface area contributed by atoms with Gasteiger partial charge in [0.2, 0.25) is 5.95 Å². The third-order valence-electron chi connectivity index (χ3n) is 6.10. The minimum atomic E-state index is 0.120. The number of nitrogens with one attached hydrogen (secondary N) is 1. The fraction of sp³-hybridized carbons (Fsp3) is 0.320. The minimum Gasteiger partial charge on any atom is -0.368 e. The number of nitrogens with zero attached hydrogens (tertiary/aromatic N) is 4. The van der Waals surface area contributed by atoms with Gasteiger partial charge in [-0.3, -0.25) is 4.79 Å². The van der Waals surface area contributed by atoms with Gasteiger partial charge in [-0.2, -0.15) is 4.98 Å². The van der Waals surface area contributed by atoms with Gasteiger partial charge in [0.1, 0.15) is 5.82 Å². The van der Waals surface area contributed by atoms with E-state index in [2.05, 4.69) is 28.1 Å². The normalized spacial score (nSPS) is 18.4. The van der Waals surface area contributed by atoms with Crippen LogP contribution in [0.25, 0.3) is 0 Å². The van der Waals surface area contributed by atoms with E-state index in [-0.39, 0.29) is 5.78 Å². The molecule has 2 heterocycles. The Hall–Kier alpha value is -3.12. The lowest BCUT2D eigenvalue weighted by molar-refractivity contribution is 0.0952. The molecule has 1 N–H and O–H groups in total. The van der Waals surface area contributed by atoms with E-state index in [0.717, 1.165) is 54.7 Å². The molecule has 2 aliphatic rings. The predicted molar refractivity (Wildman–Crippen MR) is 129 cm³/mol. The van der Waals surface area contributed by atoms with E-state index < -0.39 is 0 Å². The summed E-state index contributed by atoms with van der Waals surface area (Å²) in [6, 6.07) is 17.8. The zero-order valence-corrected chi connectivity index (χ0v) is 18.8. The molecule has 1 aliphatic heterocycles. The molecule has 3 aromatic rings. The smallest absolute Gasteiger partial charge is 0.227 e. The topological polar surface area (TPSA) is 61.4 Å². The predicted octanol–water partition coefficient (Wildman–Crippen LogP) is 4.97. The second-order valence-electron chi connectivity index (χ2n) is 8.58. The van der Waals surface area contributed by atoms with E-state index in [1.54, 1.807) is 0 Å². The fourth-order valence-electron chi connectivity index (χ4n) is 4.48. The summed E-state index contributed by atoms with van der Waals surface area (Å²) in [4.78, 5) is 27.1. The molecule has 1 aromatic heterocycles. The average molecular weight is 448 g/mol. The molecule has 2 aromatic carbocycles. The fourth-order valence-corrected chi connectivity index (χ4v) is 4.67. The molecule has 0 amide bonds. The number of para-hydroxylation sites is 1. The highest BCUT2D eigenvalue weighted by molar-refractivity contribution is 6.30. The van der Waals surface area contributed by atoms with Gasteiger partial charge in [-0.05, 0) is 42.7 Å². The third-order valence-corrected chi connectivity index (χ3v) is 6.33. The first-order valence-corrected chi connectivity index (χ1v) is 11.5. The number of rotatable bonds is 4. The van der Waals surface area contributed by atoms with Crippen LogP contribution in [-0.4, -0.2) is 41.9 Å². The van der Waals surface area contributed by atoms with Crippen molar-refractivity contribution in [3.63, 3.8) is 0 Å². The van der Waals surface area contributed by atoms with Crippen molar-refractivity contribution in [1.29, 1.82) is 0 Å². The van der Waals surface area contributed by atoms with Crippen LogP contribution >= 0.6 is 11.6 Å². The molecule has 0 bridgehead atoms. The highest BCUT2D eigenvalue weighted by Crippen LogP contribution is 2.32. The number of aromatic nitrogens is 2. The molecule has 0 saturated carbocycles. The lowest BCUT2D eigenvalue weighted by Gasteiger charge is -2.36. The molecule has 0 spiro atoms. The van der Waals surface area contributed by atoms with Crippen molar-refractivity contribution in [2.75, 3.05) is 41.3 Å². The Bertz CT molecular complexity index is 1130. The van der Waals surface area contributed by atoms with Crippen LogP contribution in [0.3, 0.4) is 0 Å². The van der Waals surface area contributed by atoms with Crippen LogP contribution in [-0.2, 0) is 6.42 Å². The quantitative estimate of drug-likeness (QED) is 0.609. The van der Waals surface area contributed by atoms with Crippen LogP contribution in [0.15, 0.2) is 54.6 Å². The van der Waals surface area contributed by atoms with Gasteiger partial charge in [-0.15, -0.1) is 0 Å².